The van der Waals surface area contributed by atoms with E-state index >= 15 is 0 Å². The summed E-state index contributed by atoms with van der Waals surface area (Å²) >= 11 is 0. The van der Waals surface area contributed by atoms with Crippen molar-refractivity contribution in [3.63, 3.8) is 0 Å². The summed E-state index contributed by atoms with van der Waals surface area (Å²) in [6.45, 7) is 9.55. The zero-order valence-electron chi connectivity index (χ0n) is 13.8. The van der Waals surface area contributed by atoms with Gasteiger partial charge in [0.25, 0.3) is 0 Å². The molecule has 2 N–H and O–H groups in total. The second kappa shape index (κ2) is 6.80. The molecule has 0 radical (unpaired) electrons. The molecular formula is C18H29NO2. The van der Waals surface area contributed by atoms with Crippen molar-refractivity contribution in [3.05, 3.63) is 29.3 Å². The maximum atomic E-state index is 10.0. The lowest BCUT2D eigenvalue weighted by Crippen LogP contribution is -2.37. The topological polar surface area (TPSA) is 41.5 Å². The number of hydrogen-bond donors (Lipinski definition) is 2. The Hall–Kier alpha value is -1.06. The molecule has 3 nitrogen and oxygen atoms in total. The minimum absolute atomic E-state index is 0.334. The van der Waals surface area contributed by atoms with Crippen LogP contribution in [0, 0.1) is 19.3 Å². The van der Waals surface area contributed by atoms with Crippen molar-refractivity contribution in [2.24, 2.45) is 5.41 Å². The molecule has 1 aromatic rings. The molecule has 0 aliphatic heterocycles. The lowest BCUT2D eigenvalue weighted by atomic mass is 10.0. The molecule has 0 unspecified atom stereocenters. The molecule has 1 saturated carbocycles. The molecule has 1 aliphatic rings. The van der Waals surface area contributed by atoms with E-state index < -0.39 is 6.10 Å². The molecule has 118 valence electrons. The zero-order valence-corrected chi connectivity index (χ0v) is 13.8. The molecule has 0 amide bonds. The molecule has 0 heterocycles. The van der Waals surface area contributed by atoms with Gasteiger partial charge in [-0.2, -0.15) is 0 Å². The van der Waals surface area contributed by atoms with Crippen LogP contribution < -0.4 is 10.1 Å². The maximum absolute atomic E-state index is 10.0. The summed E-state index contributed by atoms with van der Waals surface area (Å²) in [6.07, 6.45) is 3.41. The van der Waals surface area contributed by atoms with Crippen LogP contribution in [0.4, 0.5) is 0 Å². The Balaban J connectivity index is 1.68. The fourth-order valence-electron chi connectivity index (χ4n) is 2.77. The Morgan fingerprint density at radius 3 is 2.67 bits per heavy atom. The number of aryl methyl sites for hydroxylation is 2. The van der Waals surface area contributed by atoms with Crippen LogP contribution in [0.1, 0.15) is 44.2 Å². The average Bonchev–Trinajstić information content (AvgIpc) is 3.12. The maximum Gasteiger partial charge on any atom is 0.122 e. The van der Waals surface area contributed by atoms with Crippen LogP contribution in [0.3, 0.4) is 0 Å². The lowest BCUT2D eigenvalue weighted by Gasteiger charge is -2.20. The Labute approximate surface area is 128 Å². The normalized spacial score (nSPS) is 19.1. The van der Waals surface area contributed by atoms with Gasteiger partial charge in [0, 0.05) is 12.6 Å². The molecular weight excluding hydrogens is 262 g/mol. The van der Waals surface area contributed by atoms with Crippen molar-refractivity contribution in [3.8, 4) is 5.75 Å². The number of hydrogen-bond acceptors (Lipinski definition) is 3. The Bertz CT molecular complexity index is 468. The SMILES string of the molecule is Cc1ccc(OC[C@@H](O)CN[C@H](C)CC2(C)CC2)c(C)c1. The van der Waals surface area contributed by atoms with E-state index in [0.29, 0.717) is 24.6 Å². The quantitative estimate of drug-likeness (QED) is 0.773. The van der Waals surface area contributed by atoms with Gasteiger partial charge < -0.3 is 15.2 Å². The molecule has 0 bridgehead atoms. The first-order valence-electron chi connectivity index (χ1n) is 7.99. The summed E-state index contributed by atoms with van der Waals surface area (Å²) in [6, 6.07) is 6.55. The zero-order chi connectivity index (χ0) is 15.5. The Morgan fingerprint density at radius 1 is 1.33 bits per heavy atom. The first kappa shape index (κ1) is 16.3. The van der Waals surface area contributed by atoms with E-state index in [1.165, 1.54) is 24.8 Å². The van der Waals surface area contributed by atoms with Gasteiger partial charge in [-0.1, -0.05) is 24.6 Å². The van der Waals surface area contributed by atoms with E-state index in [1.54, 1.807) is 0 Å². The predicted molar refractivity (Wildman–Crippen MR) is 86.8 cm³/mol. The lowest BCUT2D eigenvalue weighted by molar-refractivity contribution is 0.103. The summed E-state index contributed by atoms with van der Waals surface area (Å²) < 4.78 is 5.71. The van der Waals surface area contributed by atoms with Crippen LogP contribution in [-0.2, 0) is 0 Å². The van der Waals surface area contributed by atoms with Gasteiger partial charge >= 0.3 is 0 Å². The monoisotopic (exact) mass is 291 g/mol. The van der Waals surface area contributed by atoms with Crippen molar-refractivity contribution in [1.29, 1.82) is 0 Å². The fraction of sp³-hybridized carbons (Fsp3) is 0.667. The largest absolute Gasteiger partial charge is 0.491 e. The number of rotatable bonds is 8. The second-order valence-electron chi connectivity index (χ2n) is 7.06. The summed E-state index contributed by atoms with van der Waals surface area (Å²) in [5.41, 5.74) is 2.89. The van der Waals surface area contributed by atoms with E-state index in [4.69, 9.17) is 4.74 Å². The van der Waals surface area contributed by atoms with E-state index in [-0.39, 0.29) is 0 Å². The number of nitrogens with one attached hydrogen (secondary N) is 1. The van der Waals surface area contributed by atoms with Gasteiger partial charge in [0.1, 0.15) is 18.5 Å². The molecule has 0 aromatic heterocycles. The van der Waals surface area contributed by atoms with Crippen LogP contribution >= 0.6 is 0 Å². The molecule has 2 rings (SSSR count). The van der Waals surface area contributed by atoms with Crippen LogP contribution in [0.25, 0.3) is 0 Å². The third kappa shape index (κ3) is 5.33. The first-order valence-corrected chi connectivity index (χ1v) is 7.99. The summed E-state index contributed by atoms with van der Waals surface area (Å²) in [7, 11) is 0. The summed E-state index contributed by atoms with van der Waals surface area (Å²) in [5.74, 6) is 0.859. The smallest absolute Gasteiger partial charge is 0.122 e. The van der Waals surface area contributed by atoms with Gasteiger partial charge in [-0.25, -0.2) is 0 Å². The Kier molecular flexibility index (Phi) is 5.28. The van der Waals surface area contributed by atoms with Gasteiger partial charge in [-0.05, 0) is 57.1 Å². The standard InChI is InChI=1S/C18H29NO2/c1-13-5-6-17(14(2)9-13)21-12-16(20)11-19-15(3)10-18(4)7-8-18/h5-6,9,15-16,19-20H,7-8,10-12H2,1-4H3/t15-,16+/m1/s1. The van der Waals surface area contributed by atoms with Crippen LogP contribution in [0.2, 0.25) is 0 Å². The number of ether oxygens (including phenoxy) is 1. The van der Waals surface area contributed by atoms with Crippen molar-refractivity contribution >= 4 is 0 Å². The van der Waals surface area contributed by atoms with Crippen molar-refractivity contribution in [2.75, 3.05) is 13.2 Å². The van der Waals surface area contributed by atoms with Crippen molar-refractivity contribution < 1.29 is 9.84 Å². The van der Waals surface area contributed by atoms with E-state index in [9.17, 15) is 5.11 Å². The molecule has 1 aliphatic carbocycles. The molecule has 3 heteroatoms. The second-order valence-corrected chi connectivity index (χ2v) is 7.06. The highest BCUT2D eigenvalue weighted by Crippen LogP contribution is 2.48. The van der Waals surface area contributed by atoms with Crippen LogP contribution in [0.15, 0.2) is 18.2 Å². The number of benzene rings is 1. The highest BCUT2D eigenvalue weighted by Gasteiger charge is 2.38. The molecule has 21 heavy (non-hydrogen) atoms. The summed E-state index contributed by atoms with van der Waals surface area (Å²) in [5, 5.41) is 13.4. The van der Waals surface area contributed by atoms with Crippen LogP contribution in [-0.4, -0.2) is 30.4 Å². The number of aliphatic hydroxyl groups excluding tert-OH is 1. The average molecular weight is 291 g/mol. The summed E-state index contributed by atoms with van der Waals surface area (Å²) in [4.78, 5) is 0. The molecule has 1 aromatic carbocycles. The highest BCUT2D eigenvalue weighted by atomic mass is 16.5. The first-order chi connectivity index (χ1) is 9.88. The van der Waals surface area contributed by atoms with Gasteiger partial charge in [-0.15, -0.1) is 0 Å². The van der Waals surface area contributed by atoms with Gasteiger partial charge in [-0.3, -0.25) is 0 Å². The fourth-order valence-corrected chi connectivity index (χ4v) is 2.77. The molecule has 0 saturated heterocycles. The third-order valence-corrected chi connectivity index (χ3v) is 4.37. The van der Waals surface area contributed by atoms with Gasteiger partial charge in [0.05, 0.1) is 0 Å². The van der Waals surface area contributed by atoms with Crippen molar-refractivity contribution in [2.45, 2.75) is 59.1 Å². The van der Waals surface area contributed by atoms with Crippen LogP contribution in [0.5, 0.6) is 5.75 Å². The Morgan fingerprint density at radius 2 is 2.05 bits per heavy atom. The highest BCUT2D eigenvalue weighted by molar-refractivity contribution is 5.35. The number of aliphatic hydroxyl groups is 1. The minimum Gasteiger partial charge on any atom is -0.491 e. The predicted octanol–water partition coefficient (Wildman–Crippen LogP) is 3.21. The molecule has 0 spiro atoms. The van der Waals surface area contributed by atoms with Gasteiger partial charge in [0.2, 0.25) is 0 Å². The molecule has 1 fully saturated rings. The van der Waals surface area contributed by atoms with E-state index in [2.05, 4.69) is 32.2 Å². The minimum atomic E-state index is -0.472. The molecule has 2 atom stereocenters. The van der Waals surface area contributed by atoms with E-state index in [1.807, 2.05) is 19.1 Å². The van der Waals surface area contributed by atoms with Crippen molar-refractivity contribution in [1.82, 2.24) is 5.32 Å². The van der Waals surface area contributed by atoms with Gasteiger partial charge in [0.15, 0.2) is 0 Å². The third-order valence-electron chi connectivity index (χ3n) is 4.37. The van der Waals surface area contributed by atoms with E-state index in [0.717, 1.165) is 11.3 Å².